The standard InChI is InChI=1S/C24H31N5O/c1-19-7-6-13-28-16-22(27-23(19)28)10-12-26-24(25-2)29-14-11-21(15-29)18-30-17-20-8-4-3-5-9-20/h3-9,13,16,21H,10-12,14-15,17-18H2,1-2H3,(H,25,26). The lowest BCUT2D eigenvalue weighted by atomic mass is 10.1. The van der Waals surface area contributed by atoms with Crippen LogP contribution < -0.4 is 5.32 Å². The highest BCUT2D eigenvalue weighted by molar-refractivity contribution is 5.80. The molecule has 1 saturated heterocycles. The number of nitrogens with zero attached hydrogens (tertiary/aromatic N) is 4. The maximum absolute atomic E-state index is 5.95. The van der Waals surface area contributed by atoms with E-state index >= 15 is 0 Å². The normalized spacial score (nSPS) is 17.1. The molecule has 0 radical (unpaired) electrons. The first-order chi connectivity index (χ1) is 14.7. The molecule has 6 nitrogen and oxygen atoms in total. The van der Waals surface area contributed by atoms with Crippen molar-refractivity contribution in [3.8, 4) is 0 Å². The quantitative estimate of drug-likeness (QED) is 0.484. The van der Waals surface area contributed by atoms with Gasteiger partial charge in [-0.05, 0) is 30.5 Å². The van der Waals surface area contributed by atoms with E-state index < -0.39 is 0 Å². The van der Waals surface area contributed by atoms with Gasteiger partial charge in [0.2, 0.25) is 0 Å². The fraction of sp³-hybridized carbons (Fsp3) is 0.417. The molecule has 0 amide bonds. The van der Waals surface area contributed by atoms with Crippen LogP contribution in [-0.4, -0.2) is 53.5 Å². The fourth-order valence-corrected chi connectivity index (χ4v) is 4.04. The van der Waals surface area contributed by atoms with Gasteiger partial charge in [0.25, 0.3) is 0 Å². The molecule has 0 saturated carbocycles. The number of nitrogens with one attached hydrogen (secondary N) is 1. The van der Waals surface area contributed by atoms with E-state index in [1.807, 2.05) is 13.1 Å². The lowest BCUT2D eigenvalue weighted by Crippen LogP contribution is -2.41. The highest BCUT2D eigenvalue weighted by atomic mass is 16.5. The summed E-state index contributed by atoms with van der Waals surface area (Å²) in [6.45, 7) is 6.40. The Morgan fingerprint density at radius 3 is 2.90 bits per heavy atom. The third-order valence-electron chi connectivity index (χ3n) is 5.65. The van der Waals surface area contributed by atoms with Gasteiger partial charge in [-0.2, -0.15) is 0 Å². The average molecular weight is 406 g/mol. The first-order valence-electron chi connectivity index (χ1n) is 10.7. The zero-order valence-corrected chi connectivity index (χ0v) is 17.9. The van der Waals surface area contributed by atoms with E-state index in [2.05, 4.69) is 75.3 Å². The third kappa shape index (κ3) is 5.00. The second-order valence-electron chi connectivity index (χ2n) is 7.98. The van der Waals surface area contributed by atoms with E-state index in [0.29, 0.717) is 12.5 Å². The van der Waals surface area contributed by atoms with Crippen molar-refractivity contribution < 1.29 is 4.74 Å². The number of aromatic nitrogens is 2. The highest BCUT2D eigenvalue weighted by Gasteiger charge is 2.24. The number of pyridine rings is 1. The van der Waals surface area contributed by atoms with Gasteiger partial charge in [0, 0.05) is 51.4 Å². The maximum Gasteiger partial charge on any atom is 0.193 e. The zero-order chi connectivity index (χ0) is 20.8. The average Bonchev–Trinajstić information content (AvgIpc) is 3.40. The van der Waals surface area contributed by atoms with Crippen LogP contribution in [0.4, 0.5) is 0 Å². The number of likely N-dealkylation sites (tertiary alicyclic amines) is 1. The molecule has 1 N–H and O–H groups in total. The number of hydrogen-bond donors (Lipinski definition) is 1. The van der Waals surface area contributed by atoms with Crippen molar-refractivity contribution in [3.05, 3.63) is 71.7 Å². The Kier molecular flexibility index (Phi) is 6.64. The Bertz CT molecular complexity index is 982. The van der Waals surface area contributed by atoms with E-state index in [0.717, 1.165) is 56.4 Å². The molecule has 4 rings (SSSR count). The molecule has 1 aliphatic rings. The summed E-state index contributed by atoms with van der Waals surface area (Å²) in [5.41, 5.74) is 4.56. The van der Waals surface area contributed by atoms with Crippen LogP contribution in [0.1, 0.15) is 23.2 Å². The number of imidazole rings is 1. The lowest BCUT2D eigenvalue weighted by molar-refractivity contribution is 0.0907. The van der Waals surface area contributed by atoms with E-state index in [1.165, 1.54) is 11.1 Å². The van der Waals surface area contributed by atoms with Crippen molar-refractivity contribution in [3.63, 3.8) is 0 Å². The van der Waals surface area contributed by atoms with E-state index in [9.17, 15) is 0 Å². The van der Waals surface area contributed by atoms with Crippen LogP contribution in [0.15, 0.2) is 59.9 Å². The summed E-state index contributed by atoms with van der Waals surface area (Å²) in [4.78, 5) is 11.6. The monoisotopic (exact) mass is 405 g/mol. The second kappa shape index (κ2) is 9.76. The Morgan fingerprint density at radius 1 is 1.23 bits per heavy atom. The Morgan fingerprint density at radius 2 is 2.10 bits per heavy atom. The van der Waals surface area contributed by atoms with Crippen LogP contribution >= 0.6 is 0 Å². The number of aliphatic imine (C=N–C) groups is 1. The molecule has 1 atom stereocenters. The molecule has 1 fully saturated rings. The first kappa shape index (κ1) is 20.4. The summed E-state index contributed by atoms with van der Waals surface area (Å²) < 4.78 is 8.04. The van der Waals surface area contributed by atoms with Crippen molar-refractivity contribution in [1.29, 1.82) is 0 Å². The predicted octanol–water partition coefficient (Wildman–Crippen LogP) is 3.30. The van der Waals surface area contributed by atoms with Gasteiger partial charge in [-0.3, -0.25) is 4.99 Å². The van der Waals surface area contributed by atoms with Gasteiger partial charge in [-0.15, -0.1) is 0 Å². The van der Waals surface area contributed by atoms with Crippen molar-refractivity contribution in [2.45, 2.75) is 26.4 Å². The molecule has 3 aromatic rings. The van der Waals surface area contributed by atoms with Crippen molar-refractivity contribution in [2.75, 3.05) is 33.3 Å². The minimum absolute atomic E-state index is 0.550. The molecule has 1 unspecified atom stereocenters. The predicted molar refractivity (Wildman–Crippen MR) is 121 cm³/mol. The van der Waals surface area contributed by atoms with Gasteiger partial charge in [0.15, 0.2) is 5.96 Å². The number of hydrogen-bond acceptors (Lipinski definition) is 3. The van der Waals surface area contributed by atoms with Gasteiger partial charge >= 0.3 is 0 Å². The molecule has 0 bridgehead atoms. The molecular weight excluding hydrogens is 374 g/mol. The molecule has 0 aliphatic carbocycles. The molecule has 0 spiro atoms. The van der Waals surface area contributed by atoms with Crippen LogP contribution in [0.5, 0.6) is 0 Å². The zero-order valence-electron chi connectivity index (χ0n) is 17.9. The van der Waals surface area contributed by atoms with Crippen LogP contribution in [0.2, 0.25) is 0 Å². The largest absolute Gasteiger partial charge is 0.376 e. The molecule has 30 heavy (non-hydrogen) atoms. The SMILES string of the molecule is CN=C(NCCc1cn2cccc(C)c2n1)N1CCC(COCc2ccccc2)C1. The number of ether oxygens (including phenoxy) is 1. The van der Waals surface area contributed by atoms with E-state index in [1.54, 1.807) is 0 Å². The van der Waals surface area contributed by atoms with Crippen LogP contribution in [0.3, 0.4) is 0 Å². The highest BCUT2D eigenvalue weighted by Crippen LogP contribution is 2.17. The fourth-order valence-electron chi connectivity index (χ4n) is 4.04. The topological polar surface area (TPSA) is 54.2 Å². The summed E-state index contributed by atoms with van der Waals surface area (Å²) in [5.74, 6) is 1.52. The van der Waals surface area contributed by atoms with Crippen LogP contribution in [-0.2, 0) is 17.8 Å². The van der Waals surface area contributed by atoms with Crippen molar-refractivity contribution in [2.24, 2.45) is 10.9 Å². The molecule has 2 aromatic heterocycles. The van der Waals surface area contributed by atoms with Crippen molar-refractivity contribution in [1.82, 2.24) is 19.6 Å². The maximum atomic E-state index is 5.95. The van der Waals surface area contributed by atoms with Gasteiger partial charge < -0.3 is 19.4 Å². The minimum atomic E-state index is 0.550. The Hall–Kier alpha value is -2.86. The second-order valence-corrected chi connectivity index (χ2v) is 7.98. The lowest BCUT2D eigenvalue weighted by Gasteiger charge is -2.21. The molecule has 6 heteroatoms. The summed E-state index contributed by atoms with van der Waals surface area (Å²) in [5, 5.41) is 3.51. The van der Waals surface area contributed by atoms with Gasteiger partial charge in [0.1, 0.15) is 5.65 Å². The summed E-state index contributed by atoms with van der Waals surface area (Å²) >= 11 is 0. The van der Waals surface area contributed by atoms with Crippen molar-refractivity contribution >= 4 is 11.6 Å². The van der Waals surface area contributed by atoms with E-state index in [-0.39, 0.29) is 0 Å². The van der Waals surface area contributed by atoms with E-state index in [4.69, 9.17) is 9.72 Å². The first-order valence-corrected chi connectivity index (χ1v) is 10.7. The molecule has 3 heterocycles. The Labute approximate surface area is 178 Å². The summed E-state index contributed by atoms with van der Waals surface area (Å²) in [7, 11) is 1.86. The van der Waals surface area contributed by atoms with Gasteiger partial charge in [-0.25, -0.2) is 4.98 Å². The third-order valence-corrected chi connectivity index (χ3v) is 5.65. The Balaban J connectivity index is 1.22. The van der Waals surface area contributed by atoms with Gasteiger partial charge in [0.05, 0.1) is 18.9 Å². The van der Waals surface area contributed by atoms with Crippen LogP contribution in [0.25, 0.3) is 5.65 Å². The number of rotatable bonds is 7. The molecule has 158 valence electrons. The van der Waals surface area contributed by atoms with Crippen LogP contribution in [0, 0.1) is 12.8 Å². The summed E-state index contributed by atoms with van der Waals surface area (Å²) in [6, 6.07) is 14.5. The smallest absolute Gasteiger partial charge is 0.193 e. The minimum Gasteiger partial charge on any atom is -0.376 e. The molecule has 1 aromatic carbocycles. The number of fused-ring (bicyclic) bond motifs is 1. The number of aryl methyl sites for hydroxylation is 1. The van der Waals surface area contributed by atoms with Gasteiger partial charge in [-0.1, -0.05) is 36.4 Å². The molecule has 1 aliphatic heterocycles. The number of benzene rings is 1. The summed E-state index contributed by atoms with van der Waals surface area (Å²) in [6.07, 6.45) is 6.18. The molecular formula is C24H31N5O. The number of guanidine groups is 1.